The SMILES string of the molecule is COc1ccc(NC=C[N+](=O)[O-])cc1. The third-order valence-corrected chi connectivity index (χ3v) is 1.54. The zero-order chi connectivity index (χ0) is 10.4. The average molecular weight is 194 g/mol. The van der Waals surface area contributed by atoms with Gasteiger partial charge in [0.1, 0.15) is 5.75 Å². The highest BCUT2D eigenvalue weighted by Crippen LogP contribution is 2.14. The minimum absolute atomic E-state index is 0.531. The summed E-state index contributed by atoms with van der Waals surface area (Å²) in [4.78, 5) is 9.42. The van der Waals surface area contributed by atoms with E-state index in [4.69, 9.17) is 4.74 Å². The Morgan fingerprint density at radius 3 is 2.57 bits per heavy atom. The summed E-state index contributed by atoms with van der Waals surface area (Å²) in [5.74, 6) is 0.744. The number of hydrogen-bond acceptors (Lipinski definition) is 4. The van der Waals surface area contributed by atoms with Gasteiger partial charge in [-0.15, -0.1) is 0 Å². The second kappa shape index (κ2) is 4.86. The van der Waals surface area contributed by atoms with E-state index in [1.165, 1.54) is 6.20 Å². The van der Waals surface area contributed by atoms with Crippen molar-refractivity contribution in [2.75, 3.05) is 12.4 Å². The second-order valence-corrected chi connectivity index (χ2v) is 2.47. The number of anilines is 1. The summed E-state index contributed by atoms with van der Waals surface area (Å²) >= 11 is 0. The predicted molar refractivity (Wildman–Crippen MR) is 52.8 cm³/mol. The molecule has 0 amide bonds. The average Bonchev–Trinajstić information content (AvgIpc) is 2.18. The quantitative estimate of drug-likeness (QED) is 0.586. The lowest BCUT2D eigenvalue weighted by Crippen LogP contribution is -1.91. The number of ether oxygens (including phenoxy) is 1. The molecular formula is C9H10N2O3. The Morgan fingerprint density at radius 2 is 2.07 bits per heavy atom. The number of methoxy groups -OCH3 is 1. The minimum Gasteiger partial charge on any atom is -0.497 e. The first-order chi connectivity index (χ1) is 6.72. The molecule has 0 heterocycles. The lowest BCUT2D eigenvalue weighted by molar-refractivity contribution is -0.402. The van der Waals surface area contributed by atoms with Gasteiger partial charge in [0.2, 0.25) is 6.20 Å². The molecule has 0 aliphatic carbocycles. The van der Waals surface area contributed by atoms with Crippen LogP contribution in [0.4, 0.5) is 5.69 Å². The Kier molecular flexibility index (Phi) is 3.49. The van der Waals surface area contributed by atoms with Gasteiger partial charge in [-0.1, -0.05) is 0 Å². The molecular weight excluding hydrogens is 184 g/mol. The number of hydrogen-bond donors (Lipinski definition) is 1. The van der Waals surface area contributed by atoms with Gasteiger partial charge in [0, 0.05) is 5.69 Å². The second-order valence-electron chi connectivity index (χ2n) is 2.47. The Labute approximate surface area is 81.2 Å². The van der Waals surface area contributed by atoms with Gasteiger partial charge in [0.15, 0.2) is 0 Å². The summed E-state index contributed by atoms with van der Waals surface area (Å²) in [6.45, 7) is 0. The summed E-state index contributed by atoms with van der Waals surface area (Å²) < 4.78 is 4.96. The van der Waals surface area contributed by atoms with Crippen molar-refractivity contribution < 1.29 is 9.66 Å². The van der Waals surface area contributed by atoms with Gasteiger partial charge in [-0.2, -0.15) is 0 Å². The van der Waals surface area contributed by atoms with E-state index in [1.807, 2.05) is 0 Å². The van der Waals surface area contributed by atoms with Crippen LogP contribution in [-0.4, -0.2) is 12.0 Å². The summed E-state index contributed by atoms with van der Waals surface area (Å²) in [6.07, 6.45) is 2.10. The van der Waals surface area contributed by atoms with Crippen LogP contribution in [0.25, 0.3) is 0 Å². The molecule has 14 heavy (non-hydrogen) atoms. The molecule has 5 nitrogen and oxygen atoms in total. The molecule has 0 atom stereocenters. The number of nitro groups is 1. The first kappa shape index (κ1) is 10.0. The first-order valence-electron chi connectivity index (χ1n) is 3.93. The van der Waals surface area contributed by atoms with Crippen LogP contribution < -0.4 is 10.1 Å². The highest BCUT2D eigenvalue weighted by Gasteiger charge is 1.91. The summed E-state index contributed by atoms with van der Waals surface area (Å²) in [5.41, 5.74) is 0.768. The van der Waals surface area contributed by atoms with E-state index in [0.29, 0.717) is 0 Å². The fourth-order valence-corrected chi connectivity index (χ4v) is 0.882. The molecule has 1 rings (SSSR count). The van der Waals surface area contributed by atoms with E-state index in [9.17, 15) is 10.1 Å². The topological polar surface area (TPSA) is 64.4 Å². The van der Waals surface area contributed by atoms with Crippen molar-refractivity contribution in [1.29, 1.82) is 0 Å². The molecule has 0 spiro atoms. The van der Waals surface area contributed by atoms with E-state index in [2.05, 4.69) is 5.32 Å². The van der Waals surface area contributed by atoms with E-state index in [0.717, 1.165) is 17.6 Å². The Bertz CT molecular complexity index is 332. The van der Waals surface area contributed by atoms with E-state index in [1.54, 1.807) is 31.4 Å². The maximum absolute atomic E-state index is 9.95. The third-order valence-electron chi connectivity index (χ3n) is 1.54. The van der Waals surface area contributed by atoms with Crippen LogP contribution in [0.5, 0.6) is 5.75 Å². The fraction of sp³-hybridized carbons (Fsp3) is 0.111. The van der Waals surface area contributed by atoms with Crippen molar-refractivity contribution in [2.45, 2.75) is 0 Å². The maximum Gasteiger partial charge on any atom is 0.250 e. The zero-order valence-electron chi connectivity index (χ0n) is 7.64. The molecule has 1 N–H and O–H groups in total. The Morgan fingerprint density at radius 1 is 1.43 bits per heavy atom. The summed E-state index contributed by atoms with van der Waals surface area (Å²) in [6, 6.07) is 7.07. The van der Waals surface area contributed by atoms with Gasteiger partial charge in [0.05, 0.1) is 18.2 Å². The van der Waals surface area contributed by atoms with Gasteiger partial charge in [-0.3, -0.25) is 10.1 Å². The Balaban J connectivity index is 2.56. The van der Waals surface area contributed by atoms with Gasteiger partial charge < -0.3 is 10.1 Å². The number of nitrogens with one attached hydrogen (secondary N) is 1. The Hall–Kier alpha value is -2.04. The van der Waals surface area contributed by atoms with Crippen LogP contribution in [0.3, 0.4) is 0 Å². The molecule has 0 radical (unpaired) electrons. The van der Waals surface area contributed by atoms with Crippen molar-refractivity contribution in [3.05, 3.63) is 46.8 Å². The highest BCUT2D eigenvalue weighted by molar-refractivity contribution is 5.47. The molecule has 0 aromatic heterocycles. The standard InChI is InChI=1S/C9H10N2O3/c1-14-9-4-2-8(3-5-9)10-6-7-11(12)13/h2-7,10H,1H3. The van der Waals surface area contributed by atoms with Crippen molar-refractivity contribution in [2.24, 2.45) is 0 Å². The van der Waals surface area contributed by atoms with Crippen LogP contribution >= 0.6 is 0 Å². The fourth-order valence-electron chi connectivity index (χ4n) is 0.882. The molecule has 1 aromatic rings. The smallest absolute Gasteiger partial charge is 0.250 e. The number of nitrogens with zero attached hydrogens (tertiary/aromatic N) is 1. The summed E-state index contributed by atoms with van der Waals surface area (Å²) in [5, 5.41) is 12.7. The van der Waals surface area contributed by atoms with Crippen LogP contribution in [0.2, 0.25) is 0 Å². The summed E-state index contributed by atoms with van der Waals surface area (Å²) in [7, 11) is 1.58. The highest BCUT2D eigenvalue weighted by atomic mass is 16.6. The largest absolute Gasteiger partial charge is 0.497 e. The van der Waals surface area contributed by atoms with Crippen LogP contribution in [0.1, 0.15) is 0 Å². The van der Waals surface area contributed by atoms with Crippen molar-refractivity contribution in [1.82, 2.24) is 0 Å². The molecule has 5 heteroatoms. The normalized spacial score (nSPS) is 10.1. The molecule has 0 bridgehead atoms. The number of benzene rings is 1. The van der Waals surface area contributed by atoms with E-state index in [-0.39, 0.29) is 0 Å². The van der Waals surface area contributed by atoms with Crippen molar-refractivity contribution in [3.8, 4) is 5.75 Å². The molecule has 0 saturated carbocycles. The molecule has 0 aliphatic rings. The van der Waals surface area contributed by atoms with E-state index < -0.39 is 4.92 Å². The molecule has 74 valence electrons. The number of rotatable bonds is 4. The van der Waals surface area contributed by atoms with Crippen LogP contribution in [0.15, 0.2) is 36.7 Å². The van der Waals surface area contributed by atoms with Gasteiger partial charge in [-0.25, -0.2) is 0 Å². The van der Waals surface area contributed by atoms with Crippen molar-refractivity contribution in [3.63, 3.8) is 0 Å². The van der Waals surface area contributed by atoms with Gasteiger partial charge >= 0.3 is 0 Å². The maximum atomic E-state index is 9.95. The minimum atomic E-state index is -0.531. The van der Waals surface area contributed by atoms with Crippen LogP contribution in [-0.2, 0) is 0 Å². The van der Waals surface area contributed by atoms with Gasteiger partial charge in [-0.05, 0) is 24.3 Å². The monoisotopic (exact) mass is 194 g/mol. The first-order valence-corrected chi connectivity index (χ1v) is 3.93. The van der Waals surface area contributed by atoms with E-state index >= 15 is 0 Å². The molecule has 0 aliphatic heterocycles. The molecule has 0 unspecified atom stereocenters. The predicted octanol–water partition coefficient (Wildman–Crippen LogP) is 1.85. The van der Waals surface area contributed by atoms with Gasteiger partial charge in [0.25, 0.3) is 0 Å². The lowest BCUT2D eigenvalue weighted by atomic mass is 10.3. The molecule has 0 fully saturated rings. The van der Waals surface area contributed by atoms with Crippen molar-refractivity contribution >= 4 is 5.69 Å². The van der Waals surface area contributed by atoms with Crippen LogP contribution in [0, 0.1) is 10.1 Å². The zero-order valence-corrected chi connectivity index (χ0v) is 7.64. The third kappa shape index (κ3) is 3.14. The lowest BCUT2D eigenvalue weighted by Gasteiger charge is -2.01. The molecule has 0 saturated heterocycles. The molecule has 1 aromatic carbocycles.